The average Bonchev–Trinajstić information content (AvgIpc) is 3.89. The van der Waals surface area contributed by atoms with E-state index in [1.54, 1.807) is 58.1 Å². The first-order chi connectivity index (χ1) is 27.6. The minimum atomic E-state index is -2.34. The molecule has 0 radical (unpaired) electrons. The molecule has 0 aliphatic carbocycles. The molecule has 0 bridgehead atoms. The summed E-state index contributed by atoms with van der Waals surface area (Å²) in [5.41, 5.74) is -3.66. The van der Waals surface area contributed by atoms with Crippen molar-refractivity contribution < 1.29 is 57.8 Å². The summed E-state index contributed by atoms with van der Waals surface area (Å²) in [5.74, 6) is -2.71. The second-order valence-corrected chi connectivity index (χ2v) is 23.0. The minimum absolute atomic E-state index is 0.0397. The molecule has 334 valence electrons. The lowest BCUT2D eigenvalue weighted by molar-refractivity contribution is -0.394. The largest absolute Gasteiger partial charge is 0.458 e. The predicted octanol–water partition coefficient (Wildman–Crippen LogP) is 7.85. The molecule has 2 aliphatic rings. The van der Waals surface area contributed by atoms with Gasteiger partial charge in [0, 0.05) is 37.3 Å². The molecule has 0 unspecified atom stereocenters. The lowest BCUT2D eigenvalue weighted by atomic mass is 9.88. The van der Waals surface area contributed by atoms with Crippen LogP contribution in [-0.4, -0.2) is 94.1 Å². The van der Waals surface area contributed by atoms with Crippen LogP contribution in [0.15, 0.2) is 54.2 Å². The zero-order valence-electron chi connectivity index (χ0n) is 37.0. The zero-order valence-corrected chi connectivity index (χ0v) is 38.0. The van der Waals surface area contributed by atoms with Crippen LogP contribution in [0.1, 0.15) is 112 Å². The monoisotopic (exact) mass is 860 g/mol. The number of cyclic esters (lactones) is 1. The Balaban J connectivity index is 1.76. The van der Waals surface area contributed by atoms with E-state index in [1.165, 1.54) is 6.92 Å². The smallest absolute Gasteiger partial charge is 0.338 e. The number of allylic oxidation sites excluding steroid dienone is 2. The van der Waals surface area contributed by atoms with Gasteiger partial charge in [-0.1, -0.05) is 65.8 Å². The van der Waals surface area contributed by atoms with Crippen LogP contribution in [0.5, 0.6) is 0 Å². The quantitative estimate of drug-likeness (QED) is 0.0250. The number of hydrogen-bond acceptors (Lipinski definition) is 14. The fraction of sp³-hybridized carbons (Fsp3) is 0.651. The summed E-state index contributed by atoms with van der Waals surface area (Å²) >= 11 is 0. The van der Waals surface area contributed by atoms with Crippen LogP contribution in [0, 0.1) is 32.1 Å². The van der Waals surface area contributed by atoms with Gasteiger partial charge in [-0.2, -0.15) is 0 Å². The van der Waals surface area contributed by atoms with Gasteiger partial charge in [0.25, 0.3) is 11.4 Å². The third-order valence-electron chi connectivity index (χ3n) is 11.7. The highest BCUT2D eigenvalue weighted by Gasteiger charge is 2.48. The topological polar surface area (TPSA) is 227 Å². The van der Waals surface area contributed by atoms with Crippen molar-refractivity contribution in [3.05, 3.63) is 79.9 Å². The summed E-state index contributed by atoms with van der Waals surface area (Å²) in [6.07, 6.45) is 5.71. The normalized spacial score (nSPS) is 28.2. The molecule has 0 aromatic heterocycles. The molecule has 17 heteroatoms. The first-order valence-corrected chi connectivity index (χ1v) is 23.3. The lowest BCUT2D eigenvalue weighted by Crippen LogP contribution is -2.46. The Labute approximate surface area is 353 Å². The van der Waals surface area contributed by atoms with E-state index in [4.69, 9.17) is 23.4 Å². The molecular formula is C43H64N2O14Si. The van der Waals surface area contributed by atoms with Gasteiger partial charge in [0.15, 0.2) is 8.32 Å². The molecule has 1 saturated heterocycles. The van der Waals surface area contributed by atoms with E-state index in [9.17, 15) is 44.8 Å². The highest BCUT2D eigenvalue weighted by molar-refractivity contribution is 6.74. The molecule has 0 saturated carbocycles. The van der Waals surface area contributed by atoms with Crippen molar-refractivity contribution in [3.63, 3.8) is 0 Å². The molecule has 2 N–H and O–H groups in total. The number of carbonyl (C=O) groups is 3. The SMILES string of the molecule is CC[C@H](OC(=O)c1cc([N+](=O)[O-])cc([N+](=O)[O-])c1)[C@@H](C)[C@H]1O[C@@H]1C[C@@](C)(O)/C=C/C=C(\C)[C@H]1OC(=O)C[C@H](O[Si](C)(C)C(C)(C)C)CC[C@@](C)(O)[C@@H](OC(C)=O)/C=C\[C@@H]1C. The lowest BCUT2D eigenvalue weighted by Gasteiger charge is -2.40. The number of nitro groups is 2. The fourth-order valence-electron chi connectivity index (χ4n) is 6.98. The van der Waals surface area contributed by atoms with Crippen LogP contribution in [0.4, 0.5) is 11.4 Å². The number of aliphatic hydroxyl groups is 2. The molecular weight excluding hydrogens is 797 g/mol. The average molecular weight is 861 g/mol. The highest BCUT2D eigenvalue weighted by atomic mass is 28.4. The summed E-state index contributed by atoms with van der Waals surface area (Å²) in [7, 11) is -2.34. The second-order valence-electron chi connectivity index (χ2n) is 18.2. The van der Waals surface area contributed by atoms with Crippen molar-refractivity contribution in [2.75, 3.05) is 0 Å². The first-order valence-electron chi connectivity index (χ1n) is 20.4. The second kappa shape index (κ2) is 20.1. The third-order valence-corrected chi connectivity index (χ3v) is 16.2. The predicted molar refractivity (Wildman–Crippen MR) is 225 cm³/mol. The van der Waals surface area contributed by atoms with Crippen molar-refractivity contribution in [1.29, 1.82) is 0 Å². The summed E-state index contributed by atoms with van der Waals surface area (Å²) in [6.45, 7) is 22.3. The van der Waals surface area contributed by atoms with E-state index in [0.29, 0.717) is 18.4 Å². The third kappa shape index (κ3) is 14.1. The Hall–Kier alpha value is -4.29. The van der Waals surface area contributed by atoms with E-state index in [-0.39, 0.29) is 41.9 Å². The molecule has 60 heavy (non-hydrogen) atoms. The van der Waals surface area contributed by atoms with Crippen LogP contribution in [0.3, 0.4) is 0 Å². The summed E-state index contributed by atoms with van der Waals surface area (Å²) in [5, 5.41) is 45.4. The maximum absolute atomic E-state index is 13.6. The van der Waals surface area contributed by atoms with Crippen LogP contribution in [0.25, 0.3) is 0 Å². The summed E-state index contributed by atoms with van der Waals surface area (Å²) in [6, 6.07) is 2.63. The zero-order chi connectivity index (χ0) is 45.5. The van der Waals surface area contributed by atoms with E-state index >= 15 is 0 Å². The van der Waals surface area contributed by atoms with Crippen molar-refractivity contribution in [1.82, 2.24) is 0 Å². The van der Waals surface area contributed by atoms with Crippen molar-refractivity contribution in [2.45, 2.75) is 167 Å². The number of non-ortho nitro benzene ring substituents is 2. The minimum Gasteiger partial charge on any atom is -0.458 e. The highest BCUT2D eigenvalue weighted by Crippen LogP contribution is 2.40. The van der Waals surface area contributed by atoms with Gasteiger partial charge >= 0.3 is 17.9 Å². The summed E-state index contributed by atoms with van der Waals surface area (Å²) < 4.78 is 29.9. The molecule has 1 aromatic rings. The molecule has 1 aromatic carbocycles. The molecule has 16 nitrogen and oxygen atoms in total. The van der Waals surface area contributed by atoms with E-state index < -0.39 is 95.1 Å². The molecule has 2 aliphatic heterocycles. The summed E-state index contributed by atoms with van der Waals surface area (Å²) in [4.78, 5) is 59.6. The Morgan fingerprint density at radius 1 is 1.08 bits per heavy atom. The van der Waals surface area contributed by atoms with Crippen molar-refractivity contribution in [2.24, 2.45) is 11.8 Å². The molecule has 10 atom stereocenters. The Morgan fingerprint density at radius 2 is 1.68 bits per heavy atom. The Bertz CT molecular complexity index is 1800. The Morgan fingerprint density at radius 3 is 2.22 bits per heavy atom. The number of hydrogen-bond donors (Lipinski definition) is 2. The number of nitrogens with zero attached hydrogens (tertiary/aromatic N) is 2. The van der Waals surface area contributed by atoms with Gasteiger partial charge in [-0.25, -0.2) is 4.79 Å². The number of ether oxygens (including phenoxy) is 4. The van der Waals surface area contributed by atoms with Gasteiger partial charge in [-0.15, -0.1) is 0 Å². The van der Waals surface area contributed by atoms with Gasteiger partial charge in [0.05, 0.1) is 51.8 Å². The van der Waals surface area contributed by atoms with Gasteiger partial charge in [0.1, 0.15) is 23.9 Å². The van der Waals surface area contributed by atoms with Crippen molar-refractivity contribution in [3.8, 4) is 0 Å². The van der Waals surface area contributed by atoms with Crippen LogP contribution < -0.4 is 0 Å². The van der Waals surface area contributed by atoms with Crippen LogP contribution >= 0.6 is 0 Å². The van der Waals surface area contributed by atoms with Crippen LogP contribution in [-0.2, 0) is 33.0 Å². The maximum Gasteiger partial charge on any atom is 0.338 e. The number of nitro benzene ring substituents is 2. The molecule has 0 amide bonds. The fourth-order valence-corrected chi connectivity index (χ4v) is 8.36. The van der Waals surface area contributed by atoms with Gasteiger partial charge in [-0.3, -0.25) is 29.8 Å². The number of epoxide rings is 1. The maximum atomic E-state index is 13.6. The standard InChI is InChI=1S/C43H64N2O14Si/c1-13-34(57-40(48)30-21-31(44(51)52)23-32(22-30)45(53)54)28(4)39-35(56-39)25-42(9,49)19-14-15-26(2)38-27(3)16-17-36(55-29(5)46)43(10,50)20-18-33(24-37(47)58-38)59-60(11,12)41(6,7)8/h14-17,19,21-23,27-28,33-36,38-39,49-50H,13,18,20,24-25H2,1-12H3/b17-16-,19-14+,26-15+/t27-,28+,33+,34-,35+,36-,38+,39+,42-,43+/m0/s1. The molecule has 1 fully saturated rings. The number of carbonyl (C=O) groups excluding carboxylic acids is 3. The van der Waals surface area contributed by atoms with Crippen molar-refractivity contribution >= 4 is 37.6 Å². The number of rotatable bonds is 15. The molecule has 3 rings (SSSR count). The number of benzene rings is 1. The van der Waals surface area contributed by atoms with E-state index in [0.717, 1.165) is 18.2 Å². The van der Waals surface area contributed by atoms with Crippen LogP contribution in [0.2, 0.25) is 18.1 Å². The van der Waals surface area contributed by atoms with Gasteiger partial charge in [0.2, 0.25) is 0 Å². The number of esters is 3. The first kappa shape index (κ1) is 50.1. The van der Waals surface area contributed by atoms with E-state index in [2.05, 4.69) is 33.9 Å². The molecule has 0 spiro atoms. The Kier molecular flexibility index (Phi) is 16.7. The van der Waals surface area contributed by atoms with Gasteiger partial charge < -0.3 is 33.6 Å². The van der Waals surface area contributed by atoms with E-state index in [1.807, 2.05) is 13.8 Å². The van der Waals surface area contributed by atoms with Gasteiger partial charge in [-0.05, 0) is 69.8 Å². The molecule has 2 heterocycles.